The van der Waals surface area contributed by atoms with Gasteiger partial charge >= 0.3 is 0 Å². The lowest BCUT2D eigenvalue weighted by molar-refractivity contribution is 0.480. The third-order valence-corrected chi connectivity index (χ3v) is 2.01. The summed E-state index contributed by atoms with van der Waals surface area (Å²) in [7, 11) is 0. The van der Waals surface area contributed by atoms with Crippen LogP contribution < -0.4 is 0 Å². The van der Waals surface area contributed by atoms with Crippen LogP contribution in [-0.2, 0) is 0 Å². The zero-order valence-corrected chi connectivity index (χ0v) is 6.69. The maximum atomic E-state index is 13.0. The van der Waals surface area contributed by atoms with E-state index in [0.717, 1.165) is 6.07 Å². The molecule has 2 aromatic rings. The number of aromatic hydroxyl groups is 1. The van der Waals surface area contributed by atoms with Gasteiger partial charge in [0.15, 0.2) is 0 Å². The summed E-state index contributed by atoms with van der Waals surface area (Å²) < 4.78 is 13.0. The molecule has 1 aromatic heterocycles. The number of phenolic OH excluding ortho intramolecular Hbond substituents is 1. The van der Waals surface area contributed by atoms with Gasteiger partial charge in [-0.25, -0.2) is 4.39 Å². The third-order valence-electron chi connectivity index (χ3n) is 1.72. The van der Waals surface area contributed by atoms with Crippen molar-refractivity contribution in [3.8, 4) is 5.75 Å². The lowest BCUT2D eigenvalue weighted by Crippen LogP contribution is -1.79. The highest BCUT2D eigenvalue weighted by molar-refractivity contribution is 6.33. The zero-order valence-electron chi connectivity index (χ0n) is 5.94. The molecule has 2 N–H and O–H groups in total. The molecule has 4 heteroatoms. The Kier molecular flexibility index (Phi) is 1.48. The van der Waals surface area contributed by atoms with Gasteiger partial charge in [0.25, 0.3) is 0 Å². The van der Waals surface area contributed by atoms with Crippen molar-refractivity contribution in [2.45, 2.75) is 0 Å². The Morgan fingerprint density at radius 2 is 2.25 bits per heavy atom. The standard InChI is InChI=1S/C8H5ClFNO/c9-5-3-6(10)7-4(8(5)12)1-2-11-7/h1-3,11-12H. The highest BCUT2D eigenvalue weighted by atomic mass is 35.5. The first-order valence-electron chi connectivity index (χ1n) is 3.34. The molecule has 0 aliphatic carbocycles. The van der Waals surface area contributed by atoms with Crippen LogP contribution in [0.5, 0.6) is 5.75 Å². The number of H-pyrrole nitrogens is 1. The van der Waals surface area contributed by atoms with Crippen LogP contribution in [-0.4, -0.2) is 10.1 Å². The predicted molar refractivity (Wildman–Crippen MR) is 44.9 cm³/mol. The minimum absolute atomic E-state index is 0.0274. The number of hydrogen-bond donors (Lipinski definition) is 2. The molecule has 1 aromatic carbocycles. The molecule has 0 fully saturated rings. The van der Waals surface area contributed by atoms with E-state index in [1.165, 1.54) is 0 Å². The van der Waals surface area contributed by atoms with Crippen LogP contribution in [0.2, 0.25) is 5.02 Å². The molecule has 0 saturated heterocycles. The maximum absolute atomic E-state index is 13.0. The van der Waals surface area contributed by atoms with Crippen LogP contribution in [0, 0.1) is 5.82 Å². The molecule has 0 bridgehead atoms. The summed E-state index contributed by atoms with van der Waals surface area (Å²) >= 11 is 5.55. The van der Waals surface area contributed by atoms with Crippen LogP contribution >= 0.6 is 11.6 Å². The van der Waals surface area contributed by atoms with E-state index in [2.05, 4.69) is 4.98 Å². The smallest absolute Gasteiger partial charge is 0.148 e. The van der Waals surface area contributed by atoms with Crippen molar-refractivity contribution in [1.29, 1.82) is 0 Å². The Bertz CT molecular complexity index is 438. The van der Waals surface area contributed by atoms with E-state index in [1.54, 1.807) is 12.3 Å². The van der Waals surface area contributed by atoms with Crippen molar-refractivity contribution >= 4 is 22.5 Å². The van der Waals surface area contributed by atoms with Crippen LogP contribution in [0.3, 0.4) is 0 Å². The molecule has 2 nitrogen and oxygen atoms in total. The van der Waals surface area contributed by atoms with E-state index in [9.17, 15) is 9.50 Å². The highest BCUT2D eigenvalue weighted by Crippen LogP contribution is 2.33. The fourth-order valence-electron chi connectivity index (χ4n) is 1.14. The Morgan fingerprint density at radius 1 is 1.50 bits per heavy atom. The molecule has 62 valence electrons. The number of phenols is 1. The van der Waals surface area contributed by atoms with Gasteiger partial charge in [0.1, 0.15) is 11.6 Å². The molecular formula is C8H5ClFNO. The fourth-order valence-corrected chi connectivity index (χ4v) is 1.34. The van der Waals surface area contributed by atoms with Crippen molar-refractivity contribution in [3.63, 3.8) is 0 Å². The molecule has 1 heterocycles. The zero-order chi connectivity index (χ0) is 8.72. The third kappa shape index (κ3) is 0.865. The number of rotatable bonds is 0. The van der Waals surface area contributed by atoms with E-state index < -0.39 is 5.82 Å². The minimum atomic E-state index is -0.460. The molecule has 0 radical (unpaired) electrons. The Balaban J connectivity index is 2.97. The summed E-state index contributed by atoms with van der Waals surface area (Å²) in [6, 6.07) is 2.65. The molecule has 0 aliphatic rings. The normalized spacial score (nSPS) is 10.8. The first-order valence-corrected chi connectivity index (χ1v) is 3.72. The summed E-state index contributed by atoms with van der Waals surface area (Å²) in [5.74, 6) is -0.549. The van der Waals surface area contributed by atoms with E-state index in [0.29, 0.717) is 5.39 Å². The summed E-state index contributed by atoms with van der Waals surface area (Å²) in [4.78, 5) is 2.66. The van der Waals surface area contributed by atoms with Crippen molar-refractivity contribution in [3.05, 3.63) is 29.2 Å². The van der Waals surface area contributed by atoms with Crippen LogP contribution in [0.15, 0.2) is 18.3 Å². The van der Waals surface area contributed by atoms with Crippen LogP contribution in [0.1, 0.15) is 0 Å². The summed E-state index contributed by atoms with van der Waals surface area (Å²) in [5, 5.41) is 9.78. The average Bonchev–Trinajstić information content (AvgIpc) is 2.48. The number of halogens is 2. The second kappa shape index (κ2) is 2.38. The molecule has 0 saturated carbocycles. The summed E-state index contributed by atoms with van der Waals surface area (Å²) in [5.41, 5.74) is 0.275. The SMILES string of the molecule is Oc1c(Cl)cc(F)c2[nH]ccc12. The Morgan fingerprint density at radius 3 is 3.00 bits per heavy atom. The molecule has 0 spiro atoms. The molecule has 0 aliphatic heterocycles. The number of fused-ring (bicyclic) bond motifs is 1. The Hall–Kier alpha value is -1.22. The number of aromatic nitrogens is 1. The van der Waals surface area contributed by atoms with Gasteiger partial charge in [0.2, 0.25) is 0 Å². The first-order chi connectivity index (χ1) is 5.70. The lowest BCUT2D eigenvalue weighted by Gasteiger charge is -1.98. The quantitative estimate of drug-likeness (QED) is 0.651. The summed E-state index contributed by atoms with van der Waals surface area (Å²) in [6.07, 6.45) is 1.55. The number of nitrogens with one attached hydrogen (secondary N) is 1. The first kappa shape index (κ1) is 7.43. The van der Waals surface area contributed by atoms with Crippen LogP contribution in [0.4, 0.5) is 4.39 Å². The maximum Gasteiger partial charge on any atom is 0.148 e. The van der Waals surface area contributed by atoms with Gasteiger partial charge in [0, 0.05) is 11.6 Å². The van der Waals surface area contributed by atoms with Gasteiger partial charge in [-0.05, 0) is 12.1 Å². The van der Waals surface area contributed by atoms with Gasteiger partial charge in [-0.3, -0.25) is 0 Å². The van der Waals surface area contributed by atoms with E-state index in [4.69, 9.17) is 11.6 Å². The van der Waals surface area contributed by atoms with Gasteiger partial charge < -0.3 is 10.1 Å². The number of benzene rings is 1. The second-order valence-electron chi connectivity index (χ2n) is 2.46. The Labute approximate surface area is 72.6 Å². The number of hydrogen-bond acceptors (Lipinski definition) is 1. The topological polar surface area (TPSA) is 36.0 Å². The van der Waals surface area contributed by atoms with E-state index >= 15 is 0 Å². The predicted octanol–water partition coefficient (Wildman–Crippen LogP) is 2.67. The lowest BCUT2D eigenvalue weighted by atomic mass is 10.2. The molecule has 2 rings (SSSR count). The van der Waals surface area contributed by atoms with Crippen LogP contribution in [0.25, 0.3) is 10.9 Å². The number of aromatic amines is 1. The minimum Gasteiger partial charge on any atom is -0.506 e. The largest absolute Gasteiger partial charge is 0.506 e. The van der Waals surface area contributed by atoms with Crippen molar-refractivity contribution < 1.29 is 9.50 Å². The fraction of sp³-hybridized carbons (Fsp3) is 0. The average molecular weight is 186 g/mol. The monoisotopic (exact) mass is 185 g/mol. The molecular weight excluding hydrogens is 181 g/mol. The van der Waals surface area contributed by atoms with Crippen molar-refractivity contribution in [1.82, 2.24) is 4.98 Å². The van der Waals surface area contributed by atoms with E-state index in [1.807, 2.05) is 0 Å². The summed E-state index contributed by atoms with van der Waals surface area (Å²) in [6.45, 7) is 0. The van der Waals surface area contributed by atoms with Gasteiger partial charge in [-0.15, -0.1) is 0 Å². The second-order valence-corrected chi connectivity index (χ2v) is 2.86. The van der Waals surface area contributed by atoms with Gasteiger partial charge in [-0.1, -0.05) is 11.6 Å². The van der Waals surface area contributed by atoms with Gasteiger partial charge in [0.05, 0.1) is 10.5 Å². The molecule has 0 unspecified atom stereocenters. The highest BCUT2D eigenvalue weighted by Gasteiger charge is 2.09. The molecule has 0 atom stereocenters. The van der Waals surface area contributed by atoms with Crippen molar-refractivity contribution in [2.24, 2.45) is 0 Å². The van der Waals surface area contributed by atoms with Gasteiger partial charge in [-0.2, -0.15) is 0 Å². The molecule has 0 amide bonds. The van der Waals surface area contributed by atoms with Crippen molar-refractivity contribution in [2.75, 3.05) is 0 Å². The molecule has 12 heavy (non-hydrogen) atoms. The van der Waals surface area contributed by atoms with E-state index in [-0.39, 0.29) is 16.3 Å².